The van der Waals surface area contributed by atoms with Crippen molar-refractivity contribution in [1.29, 1.82) is 0 Å². The van der Waals surface area contributed by atoms with Gasteiger partial charge in [-0.1, -0.05) is 37.8 Å². The number of carbonyl (C=O) groups is 1. The van der Waals surface area contributed by atoms with Gasteiger partial charge >= 0.3 is 5.97 Å². The van der Waals surface area contributed by atoms with Crippen LogP contribution in [-0.4, -0.2) is 18.6 Å². The van der Waals surface area contributed by atoms with Crippen LogP contribution in [0.1, 0.15) is 56.8 Å². The molecule has 0 aliphatic rings. The van der Waals surface area contributed by atoms with Crippen LogP contribution in [0.3, 0.4) is 0 Å². The number of halogens is 1. The van der Waals surface area contributed by atoms with Gasteiger partial charge < -0.3 is 15.8 Å². The summed E-state index contributed by atoms with van der Waals surface area (Å²) < 4.78 is 5.07. The molecular formula is C16H25ClN2O2. The summed E-state index contributed by atoms with van der Waals surface area (Å²) in [5.74, 6) is -0.407. The average Bonchev–Trinajstić information content (AvgIpc) is 2.42. The number of ether oxygens (including phenoxy) is 1. The van der Waals surface area contributed by atoms with Gasteiger partial charge in [0.15, 0.2) is 0 Å². The summed E-state index contributed by atoms with van der Waals surface area (Å²) >= 11 is 6.23. The Balaban J connectivity index is 2.91. The third-order valence-electron chi connectivity index (χ3n) is 3.24. The van der Waals surface area contributed by atoms with E-state index >= 15 is 0 Å². The monoisotopic (exact) mass is 312 g/mol. The zero-order valence-electron chi connectivity index (χ0n) is 13.0. The van der Waals surface area contributed by atoms with Crippen LogP contribution in [0.4, 0.5) is 11.4 Å². The van der Waals surface area contributed by atoms with E-state index in [-0.39, 0.29) is 6.04 Å². The molecule has 0 heterocycles. The molecule has 1 atom stereocenters. The quantitative estimate of drug-likeness (QED) is 0.422. The first-order chi connectivity index (χ1) is 9.99. The number of nitrogen functional groups attached to an aromatic ring is 1. The fourth-order valence-electron chi connectivity index (χ4n) is 2.16. The molecule has 118 valence electrons. The normalized spacial score (nSPS) is 12.0. The largest absolute Gasteiger partial charge is 0.462 e. The molecule has 0 saturated heterocycles. The van der Waals surface area contributed by atoms with E-state index in [1.54, 1.807) is 19.1 Å². The minimum Gasteiger partial charge on any atom is -0.462 e. The Bertz CT molecular complexity index is 478. The van der Waals surface area contributed by atoms with Crippen molar-refractivity contribution in [2.45, 2.75) is 52.5 Å². The molecule has 21 heavy (non-hydrogen) atoms. The number of benzene rings is 1. The lowest BCUT2D eigenvalue weighted by Gasteiger charge is -2.19. The molecule has 0 spiro atoms. The van der Waals surface area contributed by atoms with Gasteiger partial charge in [-0.3, -0.25) is 0 Å². The summed E-state index contributed by atoms with van der Waals surface area (Å²) in [5.41, 5.74) is 7.22. The highest BCUT2D eigenvalue weighted by Crippen LogP contribution is 2.31. The Labute approximate surface area is 132 Å². The fraction of sp³-hybridized carbons (Fsp3) is 0.562. The number of nitrogens with one attached hydrogen (secondary N) is 1. The zero-order valence-corrected chi connectivity index (χ0v) is 13.8. The number of hydrogen-bond donors (Lipinski definition) is 2. The van der Waals surface area contributed by atoms with E-state index in [1.807, 2.05) is 0 Å². The van der Waals surface area contributed by atoms with E-state index in [4.69, 9.17) is 22.1 Å². The molecule has 4 nitrogen and oxygen atoms in total. The van der Waals surface area contributed by atoms with Crippen molar-refractivity contribution < 1.29 is 9.53 Å². The van der Waals surface area contributed by atoms with Gasteiger partial charge in [0.2, 0.25) is 0 Å². The summed E-state index contributed by atoms with van der Waals surface area (Å²) in [5, 5.41) is 3.76. The van der Waals surface area contributed by atoms with Crippen molar-refractivity contribution in [2.75, 3.05) is 17.7 Å². The van der Waals surface area contributed by atoms with Crippen LogP contribution in [0.2, 0.25) is 5.02 Å². The number of carbonyl (C=O) groups excluding carboxylic acids is 1. The van der Waals surface area contributed by atoms with Crippen LogP contribution in [-0.2, 0) is 4.74 Å². The highest BCUT2D eigenvalue weighted by molar-refractivity contribution is 6.34. The SMILES string of the molecule is CCCCCC(C)Nc1c(Cl)cc(N)cc1C(=O)OCC. The van der Waals surface area contributed by atoms with E-state index in [9.17, 15) is 4.79 Å². The number of nitrogens with two attached hydrogens (primary N) is 1. The molecule has 1 aromatic rings. The molecule has 0 amide bonds. The lowest BCUT2D eigenvalue weighted by molar-refractivity contribution is 0.0527. The zero-order chi connectivity index (χ0) is 15.8. The van der Waals surface area contributed by atoms with Gasteiger partial charge in [0.25, 0.3) is 0 Å². The van der Waals surface area contributed by atoms with Gasteiger partial charge in [0, 0.05) is 11.7 Å². The molecule has 0 bridgehead atoms. The average molecular weight is 313 g/mol. The maximum Gasteiger partial charge on any atom is 0.340 e. The second kappa shape index (κ2) is 8.78. The number of rotatable bonds is 8. The second-order valence-electron chi connectivity index (χ2n) is 5.19. The molecular weight excluding hydrogens is 288 g/mol. The Morgan fingerprint density at radius 3 is 2.71 bits per heavy atom. The smallest absolute Gasteiger partial charge is 0.340 e. The molecule has 1 unspecified atom stereocenters. The first kappa shape index (κ1) is 17.6. The summed E-state index contributed by atoms with van der Waals surface area (Å²) in [6.07, 6.45) is 4.55. The van der Waals surface area contributed by atoms with Crippen LogP contribution in [0.15, 0.2) is 12.1 Å². The summed E-state index contributed by atoms with van der Waals surface area (Å²) in [4.78, 5) is 12.0. The molecule has 0 aliphatic carbocycles. The first-order valence-electron chi connectivity index (χ1n) is 7.52. The molecule has 0 aromatic heterocycles. The Hall–Kier alpha value is -1.42. The van der Waals surface area contributed by atoms with Crippen LogP contribution in [0, 0.1) is 0 Å². The van der Waals surface area contributed by atoms with E-state index in [0.717, 1.165) is 12.8 Å². The van der Waals surface area contributed by atoms with E-state index in [0.29, 0.717) is 28.6 Å². The summed E-state index contributed by atoms with van der Waals surface area (Å²) in [6, 6.07) is 3.47. The highest BCUT2D eigenvalue weighted by Gasteiger charge is 2.18. The molecule has 1 rings (SSSR count). The molecule has 0 fully saturated rings. The van der Waals surface area contributed by atoms with Gasteiger partial charge in [0.1, 0.15) is 0 Å². The Kier molecular flexibility index (Phi) is 7.37. The first-order valence-corrected chi connectivity index (χ1v) is 7.90. The van der Waals surface area contributed by atoms with Gasteiger partial charge in [-0.25, -0.2) is 4.79 Å². The van der Waals surface area contributed by atoms with Crippen molar-refractivity contribution in [3.8, 4) is 0 Å². The Morgan fingerprint density at radius 1 is 1.38 bits per heavy atom. The maximum atomic E-state index is 12.0. The number of unbranched alkanes of at least 4 members (excludes halogenated alkanes) is 2. The van der Waals surface area contributed by atoms with Crippen LogP contribution in [0.5, 0.6) is 0 Å². The molecule has 0 aliphatic heterocycles. The lowest BCUT2D eigenvalue weighted by atomic mass is 10.1. The van der Waals surface area contributed by atoms with Crippen molar-refractivity contribution in [1.82, 2.24) is 0 Å². The van der Waals surface area contributed by atoms with Crippen molar-refractivity contribution in [3.63, 3.8) is 0 Å². The minimum absolute atomic E-state index is 0.228. The van der Waals surface area contributed by atoms with E-state index < -0.39 is 5.97 Å². The molecule has 1 aromatic carbocycles. The Morgan fingerprint density at radius 2 is 2.10 bits per heavy atom. The third-order valence-corrected chi connectivity index (χ3v) is 3.54. The molecule has 5 heteroatoms. The second-order valence-corrected chi connectivity index (χ2v) is 5.59. The molecule has 0 saturated carbocycles. The van der Waals surface area contributed by atoms with Gasteiger partial charge in [-0.15, -0.1) is 0 Å². The standard InChI is InChI=1S/C16H25ClN2O2/c1-4-6-7-8-11(3)19-15-13(16(20)21-5-2)9-12(18)10-14(15)17/h9-11,19H,4-8,18H2,1-3H3. The topological polar surface area (TPSA) is 64.3 Å². The highest BCUT2D eigenvalue weighted by atomic mass is 35.5. The van der Waals surface area contributed by atoms with Crippen molar-refractivity contribution in [3.05, 3.63) is 22.7 Å². The fourth-order valence-corrected chi connectivity index (χ4v) is 2.45. The van der Waals surface area contributed by atoms with E-state index in [1.165, 1.54) is 12.8 Å². The maximum absolute atomic E-state index is 12.0. The van der Waals surface area contributed by atoms with Crippen LogP contribution < -0.4 is 11.1 Å². The molecule has 0 radical (unpaired) electrons. The van der Waals surface area contributed by atoms with Crippen molar-refractivity contribution >= 4 is 28.9 Å². The summed E-state index contributed by atoms with van der Waals surface area (Å²) in [6.45, 7) is 6.34. The van der Waals surface area contributed by atoms with Crippen molar-refractivity contribution in [2.24, 2.45) is 0 Å². The molecule has 3 N–H and O–H groups in total. The number of hydrogen-bond acceptors (Lipinski definition) is 4. The predicted molar refractivity (Wildman–Crippen MR) is 89.0 cm³/mol. The van der Waals surface area contributed by atoms with Crippen LogP contribution >= 0.6 is 11.6 Å². The van der Waals surface area contributed by atoms with E-state index in [2.05, 4.69) is 19.2 Å². The third kappa shape index (κ3) is 5.46. The summed E-state index contributed by atoms with van der Waals surface area (Å²) in [7, 11) is 0. The van der Waals surface area contributed by atoms with Gasteiger partial charge in [-0.05, 0) is 32.4 Å². The number of anilines is 2. The predicted octanol–water partition coefficient (Wildman–Crippen LogP) is 4.48. The number of esters is 1. The van der Waals surface area contributed by atoms with Crippen LogP contribution in [0.25, 0.3) is 0 Å². The minimum atomic E-state index is -0.407. The van der Waals surface area contributed by atoms with Gasteiger partial charge in [-0.2, -0.15) is 0 Å². The van der Waals surface area contributed by atoms with Gasteiger partial charge in [0.05, 0.1) is 22.9 Å². The lowest BCUT2D eigenvalue weighted by Crippen LogP contribution is -2.19.